The summed E-state index contributed by atoms with van der Waals surface area (Å²) in [5.74, 6) is 1.65. The van der Waals surface area contributed by atoms with Crippen molar-refractivity contribution < 1.29 is 42.8 Å². The first-order valence-corrected chi connectivity index (χ1v) is 17.4. The van der Waals surface area contributed by atoms with E-state index in [-0.39, 0.29) is 31.6 Å². The molecule has 0 amide bonds. The van der Waals surface area contributed by atoms with Crippen LogP contribution in [0.2, 0.25) is 30.1 Å². The van der Waals surface area contributed by atoms with Gasteiger partial charge in [-0.05, 0) is 72.8 Å². The van der Waals surface area contributed by atoms with Crippen LogP contribution in [0.25, 0.3) is 0 Å². The highest BCUT2D eigenvalue weighted by Gasteiger charge is 2.19. The van der Waals surface area contributed by atoms with Gasteiger partial charge in [-0.3, -0.25) is 0 Å². The Hall–Kier alpha value is -5.13. The highest BCUT2D eigenvalue weighted by atomic mass is 35.5. The van der Waals surface area contributed by atoms with Crippen LogP contribution in [-0.4, -0.2) is 18.5 Å². The smallest absolute Gasteiger partial charge is 0.395 e. The van der Waals surface area contributed by atoms with Gasteiger partial charge in [-0.25, -0.2) is 14.4 Å². The Labute approximate surface area is 339 Å². The van der Waals surface area contributed by atoms with E-state index in [1.807, 2.05) is 24.3 Å². The summed E-state index contributed by atoms with van der Waals surface area (Å²) in [7, 11) is 0. The highest BCUT2D eigenvalue weighted by Crippen LogP contribution is 2.38. The Balaban J connectivity index is 0.000000184. The molecular weight excluding hydrogens is 825 g/mol. The molecule has 6 aromatic carbocycles. The van der Waals surface area contributed by atoms with Crippen LogP contribution in [0.5, 0.6) is 34.5 Å². The average Bonchev–Trinajstić information content (AvgIpc) is 3.13. The Kier molecular flexibility index (Phi) is 16.6. The standard InChI is InChI=1S/C13H4Cl6O3.2C13H10O3/c14-5-1-7(16)11(8(17)2-5)21-13(20)22-12-9(18)3-6(15)4-10(12)19;2*14-13(15-11-7-3-1-4-8-11)16-12-9-5-2-6-10-12/h1-4H;2*1-10H. The molecule has 0 atom stereocenters. The fourth-order valence-corrected chi connectivity index (χ4v) is 5.61. The minimum absolute atomic E-state index is 0.0442. The molecule has 6 aromatic rings. The van der Waals surface area contributed by atoms with Gasteiger partial charge in [0.1, 0.15) is 23.0 Å². The van der Waals surface area contributed by atoms with Gasteiger partial charge >= 0.3 is 18.5 Å². The first-order valence-electron chi connectivity index (χ1n) is 15.1. The molecule has 0 N–H and O–H groups in total. The van der Waals surface area contributed by atoms with E-state index < -0.39 is 18.5 Å². The molecule has 0 aliphatic heterocycles. The Morgan fingerprint density at radius 3 is 0.741 bits per heavy atom. The Morgan fingerprint density at radius 1 is 0.315 bits per heavy atom. The third-order valence-electron chi connectivity index (χ3n) is 6.07. The normalized spacial score (nSPS) is 9.89. The topological polar surface area (TPSA) is 107 Å². The van der Waals surface area contributed by atoms with E-state index in [0.717, 1.165) is 0 Å². The van der Waals surface area contributed by atoms with Crippen LogP contribution in [0.1, 0.15) is 0 Å². The van der Waals surface area contributed by atoms with E-state index in [0.29, 0.717) is 33.0 Å². The molecule has 54 heavy (non-hydrogen) atoms. The zero-order valence-electron chi connectivity index (χ0n) is 27.3. The van der Waals surface area contributed by atoms with Gasteiger partial charge in [0.25, 0.3) is 0 Å². The van der Waals surface area contributed by atoms with Crippen LogP contribution in [0.4, 0.5) is 14.4 Å². The van der Waals surface area contributed by atoms with Crippen molar-refractivity contribution in [2.75, 3.05) is 0 Å². The van der Waals surface area contributed by atoms with Gasteiger partial charge in [-0.15, -0.1) is 0 Å². The molecule has 9 nitrogen and oxygen atoms in total. The number of hydrogen-bond donors (Lipinski definition) is 0. The first kappa shape index (κ1) is 41.6. The summed E-state index contributed by atoms with van der Waals surface area (Å²) in [6.45, 7) is 0. The number of benzene rings is 6. The van der Waals surface area contributed by atoms with Crippen molar-refractivity contribution in [1.29, 1.82) is 0 Å². The number of halogens is 6. The lowest BCUT2D eigenvalue weighted by Gasteiger charge is -2.11. The molecule has 0 aromatic heterocycles. The zero-order valence-corrected chi connectivity index (χ0v) is 31.8. The summed E-state index contributed by atoms with van der Waals surface area (Å²) in [6, 6.07) is 40.6. The van der Waals surface area contributed by atoms with Crippen molar-refractivity contribution >= 4 is 88.1 Å². The van der Waals surface area contributed by atoms with Crippen molar-refractivity contribution in [1.82, 2.24) is 0 Å². The van der Waals surface area contributed by atoms with E-state index in [1.165, 1.54) is 24.3 Å². The summed E-state index contributed by atoms with van der Waals surface area (Å²) in [6.07, 6.45) is -2.60. The quantitative estimate of drug-likeness (QED) is 0.120. The predicted molar refractivity (Wildman–Crippen MR) is 209 cm³/mol. The fourth-order valence-electron chi connectivity index (χ4n) is 3.82. The molecule has 0 bridgehead atoms. The minimum atomic E-state index is -1.13. The van der Waals surface area contributed by atoms with E-state index in [2.05, 4.69) is 0 Å². The van der Waals surface area contributed by atoms with Crippen LogP contribution < -0.4 is 28.4 Å². The van der Waals surface area contributed by atoms with Gasteiger partial charge in [0.2, 0.25) is 0 Å². The number of para-hydroxylation sites is 4. The zero-order chi connectivity index (χ0) is 38.9. The maximum Gasteiger partial charge on any atom is 0.519 e. The predicted octanol–water partition coefficient (Wildman–Crippen LogP) is 13.7. The molecule has 0 aliphatic rings. The third-order valence-corrected chi connectivity index (χ3v) is 7.63. The lowest BCUT2D eigenvalue weighted by atomic mass is 10.3. The maximum absolute atomic E-state index is 11.8. The lowest BCUT2D eigenvalue weighted by molar-refractivity contribution is 0.150. The van der Waals surface area contributed by atoms with Crippen molar-refractivity contribution in [2.24, 2.45) is 0 Å². The number of carbonyl (C=O) groups excluding carboxylic acids is 3. The van der Waals surface area contributed by atoms with E-state index >= 15 is 0 Å². The molecule has 0 spiro atoms. The molecule has 276 valence electrons. The van der Waals surface area contributed by atoms with Crippen LogP contribution in [0.15, 0.2) is 146 Å². The number of carbonyl (C=O) groups is 3. The van der Waals surface area contributed by atoms with E-state index in [4.69, 9.17) is 98.0 Å². The van der Waals surface area contributed by atoms with Crippen LogP contribution in [-0.2, 0) is 0 Å². The second-order valence-corrected chi connectivity index (χ2v) is 12.5. The minimum Gasteiger partial charge on any atom is -0.395 e. The number of hydrogen-bond acceptors (Lipinski definition) is 9. The molecule has 0 fully saturated rings. The van der Waals surface area contributed by atoms with Crippen LogP contribution in [0, 0.1) is 0 Å². The van der Waals surface area contributed by atoms with E-state index in [1.54, 1.807) is 97.1 Å². The average molecular weight is 849 g/mol. The third kappa shape index (κ3) is 14.4. The molecule has 15 heteroatoms. The fraction of sp³-hybridized carbons (Fsp3) is 0. The molecule has 0 aliphatic carbocycles. The summed E-state index contributed by atoms with van der Waals surface area (Å²) in [5.41, 5.74) is 0. The maximum atomic E-state index is 11.8. The van der Waals surface area contributed by atoms with Gasteiger partial charge in [0.15, 0.2) is 11.5 Å². The lowest BCUT2D eigenvalue weighted by Crippen LogP contribution is -2.14. The first-order chi connectivity index (χ1) is 26.0. The Bertz CT molecular complexity index is 1860. The molecule has 0 heterocycles. The van der Waals surface area contributed by atoms with Gasteiger partial charge in [0.05, 0.1) is 20.1 Å². The molecule has 0 radical (unpaired) electrons. The molecule has 0 saturated heterocycles. The van der Waals surface area contributed by atoms with Gasteiger partial charge < -0.3 is 28.4 Å². The Morgan fingerprint density at radius 2 is 0.519 bits per heavy atom. The largest absolute Gasteiger partial charge is 0.519 e. The van der Waals surface area contributed by atoms with Gasteiger partial charge in [-0.1, -0.05) is 142 Å². The SMILES string of the molecule is O=C(Oc1c(Cl)cc(Cl)cc1Cl)Oc1c(Cl)cc(Cl)cc1Cl.O=C(Oc1ccccc1)Oc1ccccc1.O=C(Oc1ccccc1)Oc1ccccc1. The molecule has 0 saturated carbocycles. The summed E-state index contributed by atoms with van der Waals surface area (Å²) in [5, 5.41) is 0.759. The van der Waals surface area contributed by atoms with Crippen molar-refractivity contribution in [3.63, 3.8) is 0 Å². The second kappa shape index (κ2) is 21.5. The summed E-state index contributed by atoms with van der Waals surface area (Å²) >= 11 is 35.1. The highest BCUT2D eigenvalue weighted by molar-refractivity contribution is 6.41. The van der Waals surface area contributed by atoms with Crippen LogP contribution in [0.3, 0.4) is 0 Å². The van der Waals surface area contributed by atoms with Crippen molar-refractivity contribution in [3.05, 3.63) is 176 Å². The molecule has 0 unspecified atom stereocenters. The molecular formula is C39H24Cl6O9. The van der Waals surface area contributed by atoms with Gasteiger partial charge in [-0.2, -0.15) is 0 Å². The monoisotopic (exact) mass is 846 g/mol. The van der Waals surface area contributed by atoms with Crippen LogP contribution >= 0.6 is 69.6 Å². The summed E-state index contributed by atoms with van der Waals surface area (Å²) < 4.78 is 29.7. The van der Waals surface area contributed by atoms with Crippen molar-refractivity contribution in [2.45, 2.75) is 0 Å². The van der Waals surface area contributed by atoms with E-state index in [9.17, 15) is 14.4 Å². The van der Waals surface area contributed by atoms with Gasteiger partial charge in [0, 0.05) is 10.0 Å². The molecule has 6 rings (SSSR count). The second-order valence-electron chi connectivity index (χ2n) is 10.0. The number of rotatable bonds is 6. The summed E-state index contributed by atoms with van der Waals surface area (Å²) in [4.78, 5) is 34.5. The van der Waals surface area contributed by atoms with Crippen molar-refractivity contribution in [3.8, 4) is 34.5 Å². The number of ether oxygens (including phenoxy) is 6.